The predicted molar refractivity (Wildman–Crippen MR) is 87.3 cm³/mol. The zero-order chi connectivity index (χ0) is 15.4. The van der Waals surface area contributed by atoms with Crippen molar-refractivity contribution in [3.63, 3.8) is 0 Å². The highest BCUT2D eigenvalue weighted by Crippen LogP contribution is 2.25. The first-order valence-electron chi connectivity index (χ1n) is 6.93. The van der Waals surface area contributed by atoms with Crippen molar-refractivity contribution >= 4 is 24.3 Å². The third kappa shape index (κ3) is 4.52. The molecule has 0 unspecified atom stereocenters. The first-order chi connectivity index (χ1) is 9.19. The van der Waals surface area contributed by atoms with E-state index in [2.05, 4.69) is 6.92 Å². The van der Waals surface area contributed by atoms with Crippen LogP contribution in [0.5, 0.6) is 0 Å². The Labute approximate surface area is 126 Å². The molecule has 20 heavy (non-hydrogen) atoms. The lowest BCUT2D eigenvalue weighted by Gasteiger charge is -2.38. The summed E-state index contributed by atoms with van der Waals surface area (Å²) >= 11 is 1.80. The second-order valence-corrected chi connectivity index (χ2v) is 7.15. The molecule has 0 atom stereocenters. The largest absolute Gasteiger partial charge is 0.491 e. The third-order valence-electron chi connectivity index (χ3n) is 3.66. The summed E-state index contributed by atoms with van der Waals surface area (Å²) in [5.41, 5.74) is -0.0532. The molecule has 0 saturated heterocycles. The molecular formula is C15H25BO3S. The van der Waals surface area contributed by atoms with Crippen molar-refractivity contribution < 1.29 is 14.8 Å². The monoisotopic (exact) mass is 296 g/mol. The standard InChI is InChI=1S/C15H25BO3S/c1-6-20-11-12-9-7-8-10-13(12)16(18)19-15(4,5)14(2,3)17/h7-10,17-18H,6,11H2,1-5H3. The molecule has 2 N–H and O–H groups in total. The lowest BCUT2D eigenvalue weighted by atomic mass is 9.74. The minimum Gasteiger partial charge on any atom is -0.423 e. The zero-order valence-electron chi connectivity index (χ0n) is 13.0. The Hall–Kier alpha value is -0.485. The molecule has 0 spiro atoms. The molecule has 0 amide bonds. The smallest absolute Gasteiger partial charge is 0.423 e. The van der Waals surface area contributed by atoms with Gasteiger partial charge in [0, 0.05) is 5.75 Å². The van der Waals surface area contributed by atoms with E-state index in [4.69, 9.17) is 4.65 Å². The number of hydrogen-bond donors (Lipinski definition) is 2. The number of benzene rings is 1. The van der Waals surface area contributed by atoms with E-state index in [1.807, 2.05) is 24.3 Å². The summed E-state index contributed by atoms with van der Waals surface area (Å²) in [6, 6.07) is 7.72. The zero-order valence-corrected chi connectivity index (χ0v) is 13.8. The van der Waals surface area contributed by atoms with Crippen LogP contribution < -0.4 is 5.46 Å². The van der Waals surface area contributed by atoms with Gasteiger partial charge in [0.25, 0.3) is 0 Å². The van der Waals surface area contributed by atoms with Crippen LogP contribution in [0.4, 0.5) is 0 Å². The van der Waals surface area contributed by atoms with Gasteiger partial charge in [0.2, 0.25) is 0 Å². The minimum atomic E-state index is -1.04. The summed E-state index contributed by atoms with van der Waals surface area (Å²) in [5, 5.41) is 20.5. The van der Waals surface area contributed by atoms with Crippen molar-refractivity contribution in [3.05, 3.63) is 29.8 Å². The molecule has 5 heteroatoms. The fourth-order valence-corrected chi connectivity index (χ4v) is 2.29. The fourth-order valence-electron chi connectivity index (χ4n) is 1.61. The van der Waals surface area contributed by atoms with Crippen molar-refractivity contribution in [1.82, 2.24) is 0 Å². The van der Waals surface area contributed by atoms with Crippen LogP contribution >= 0.6 is 11.8 Å². The van der Waals surface area contributed by atoms with Gasteiger partial charge in [-0.15, -0.1) is 0 Å². The summed E-state index contributed by atoms with van der Waals surface area (Å²) in [7, 11) is -1.04. The van der Waals surface area contributed by atoms with E-state index in [9.17, 15) is 10.1 Å². The van der Waals surface area contributed by atoms with Gasteiger partial charge >= 0.3 is 7.12 Å². The van der Waals surface area contributed by atoms with E-state index < -0.39 is 18.3 Å². The molecule has 0 aliphatic carbocycles. The van der Waals surface area contributed by atoms with Gasteiger partial charge in [0.05, 0.1) is 11.2 Å². The Morgan fingerprint density at radius 1 is 1.20 bits per heavy atom. The normalized spacial score (nSPS) is 12.6. The van der Waals surface area contributed by atoms with Crippen LogP contribution in [0.25, 0.3) is 0 Å². The molecule has 0 radical (unpaired) electrons. The lowest BCUT2D eigenvalue weighted by Crippen LogP contribution is -2.53. The summed E-state index contributed by atoms with van der Waals surface area (Å²) in [5.74, 6) is 1.87. The maximum absolute atomic E-state index is 10.4. The van der Waals surface area contributed by atoms with Crippen LogP contribution in [0.15, 0.2) is 24.3 Å². The van der Waals surface area contributed by atoms with Gasteiger partial charge in [0.1, 0.15) is 0 Å². The molecule has 0 bridgehead atoms. The van der Waals surface area contributed by atoms with E-state index in [0.29, 0.717) is 0 Å². The van der Waals surface area contributed by atoms with E-state index in [-0.39, 0.29) is 0 Å². The SMILES string of the molecule is CCSCc1ccccc1B(O)OC(C)(C)C(C)(C)O. The molecule has 0 saturated carbocycles. The quantitative estimate of drug-likeness (QED) is 0.757. The van der Waals surface area contributed by atoms with Crippen molar-refractivity contribution in [2.45, 2.75) is 51.6 Å². The topological polar surface area (TPSA) is 49.7 Å². The Kier molecular flexibility index (Phi) is 6.14. The van der Waals surface area contributed by atoms with Crippen LogP contribution in [0.2, 0.25) is 0 Å². The summed E-state index contributed by atoms with van der Waals surface area (Å²) in [6.07, 6.45) is 0. The summed E-state index contributed by atoms with van der Waals surface area (Å²) < 4.78 is 5.71. The molecule has 1 rings (SSSR count). The average molecular weight is 296 g/mol. The molecular weight excluding hydrogens is 271 g/mol. The van der Waals surface area contributed by atoms with Crippen LogP contribution in [0, 0.1) is 0 Å². The lowest BCUT2D eigenvalue weighted by molar-refractivity contribution is -0.0982. The van der Waals surface area contributed by atoms with Gasteiger partial charge in [-0.1, -0.05) is 31.2 Å². The predicted octanol–water partition coefficient (Wildman–Crippen LogP) is 2.19. The molecule has 3 nitrogen and oxygen atoms in total. The van der Waals surface area contributed by atoms with Crippen LogP contribution in [-0.2, 0) is 10.4 Å². The molecule has 112 valence electrons. The summed E-state index contributed by atoms with van der Waals surface area (Å²) in [4.78, 5) is 0. The van der Waals surface area contributed by atoms with Gasteiger partial charge in [-0.05, 0) is 44.5 Å². The number of rotatable bonds is 7. The Bertz CT molecular complexity index is 429. The van der Waals surface area contributed by atoms with Crippen molar-refractivity contribution in [2.24, 2.45) is 0 Å². The van der Waals surface area contributed by atoms with Gasteiger partial charge in [0.15, 0.2) is 0 Å². The molecule has 1 aromatic rings. The van der Waals surface area contributed by atoms with E-state index in [1.54, 1.807) is 39.5 Å². The van der Waals surface area contributed by atoms with Crippen LogP contribution in [-0.4, -0.2) is 34.2 Å². The highest BCUT2D eigenvalue weighted by Gasteiger charge is 2.39. The number of hydrogen-bond acceptors (Lipinski definition) is 4. The van der Waals surface area contributed by atoms with E-state index in [0.717, 1.165) is 22.5 Å². The van der Waals surface area contributed by atoms with Crippen molar-refractivity contribution in [1.29, 1.82) is 0 Å². The van der Waals surface area contributed by atoms with Crippen molar-refractivity contribution in [3.8, 4) is 0 Å². The average Bonchev–Trinajstić information content (AvgIpc) is 2.34. The molecule has 0 heterocycles. The summed E-state index contributed by atoms with van der Waals surface area (Å²) in [6.45, 7) is 9.02. The molecule has 0 aromatic heterocycles. The van der Waals surface area contributed by atoms with Gasteiger partial charge < -0.3 is 14.8 Å². The second-order valence-electron chi connectivity index (χ2n) is 5.88. The van der Waals surface area contributed by atoms with Gasteiger partial charge in [-0.2, -0.15) is 11.8 Å². The van der Waals surface area contributed by atoms with Gasteiger partial charge in [-0.3, -0.25) is 0 Å². The first-order valence-corrected chi connectivity index (χ1v) is 8.08. The molecule has 0 aliphatic heterocycles. The third-order valence-corrected chi connectivity index (χ3v) is 4.59. The Morgan fingerprint density at radius 3 is 2.35 bits per heavy atom. The Balaban J connectivity index is 2.90. The second kappa shape index (κ2) is 6.99. The van der Waals surface area contributed by atoms with Gasteiger partial charge in [-0.25, -0.2) is 0 Å². The first kappa shape index (κ1) is 17.6. The number of aliphatic hydroxyl groups is 1. The maximum atomic E-state index is 10.4. The minimum absolute atomic E-state index is 0.769. The van der Waals surface area contributed by atoms with Crippen molar-refractivity contribution in [2.75, 3.05) is 5.75 Å². The Morgan fingerprint density at radius 2 is 1.80 bits per heavy atom. The molecule has 0 aliphatic rings. The maximum Gasteiger partial charge on any atom is 0.491 e. The highest BCUT2D eigenvalue weighted by molar-refractivity contribution is 7.98. The van der Waals surface area contributed by atoms with E-state index >= 15 is 0 Å². The van der Waals surface area contributed by atoms with E-state index in [1.165, 1.54) is 0 Å². The van der Waals surface area contributed by atoms with Crippen LogP contribution in [0.1, 0.15) is 40.2 Å². The molecule has 0 fully saturated rings. The highest BCUT2D eigenvalue weighted by atomic mass is 32.2. The number of thioether (sulfide) groups is 1. The molecule has 1 aromatic carbocycles. The fraction of sp³-hybridized carbons (Fsp3) is 0.600. The van der Waals surface area contributed by atoms with Crippen LogP contribution in [0.3, 0.4) is 0 Å².